The zero-order valence-corrected chi connectivity index (χ0v) is 12.2. The average molecular weight is 301 g/mol. The fourth-order valence-electron chi connectivity index (χ4n) is 2.95. The van der Waals surface area contributed by atoms with Gasteiger partial charge in [-0.25, -0.2) is 0 Å². The Labute approximate surface area is 123 Å². The van der Waals surface area contributed by atoms with E-state index < -0.39 is 17.3 Å². The number of alkyl halides is 3. The summed E-state index contributed by atoms with van der Waals surface area (Å²) in [5.41, 5.74) is -0.835. The van der Waals surface area contributed by atoms with Crippen molar-refractivity contribution >= 4 is 0 Å². The largest absolute Gasteiger partial charge is 0.416 e. The van der Waals surface area contributed by atoms with Crippen molar-refractivity contribution in [3.8, 4) is 0 Å². The lowest BCUT2D eigenvalue weighted by Gasteiger charge is -2.31. The Bertz CT molecular complexity index is 448. The van der Waals surface area contributed by atoms with Gasteiger partial charge in [-0.3, -0.25) is 0 Å². The van der Waals surface area contributed by atoms with Crippen molar-refractivity contribution in [1.82, 2.24) is 5.32 Å². The Morgan fingerprint density at radius 3 is 2.38 bits per heavy atom. The second-order valence-electron chi connectivity index (χ2n) is 6.22. The van der Waals surface area contributed by atoms with Crippen LogP contribution in [0.3, 0.4) is 0 Å². The highest BCUT2D eigenvalue weighted by Crippen LogP contribution is 2.30. The van der Waals surface area contributed by atoms with E-state index in [0.29, 0.717) is 18.9 Å². The summed E-state index contributed by atoms with van der Waals surface area (Å²) in [7, 11) is 0. The van der Waals surface area contributed by atoms with Crippen molar-refractivity contribution in [1.29, 1.82) is 0 Å². The van der Waals surface area contributed by atoms with Gasteiger partial charge >= 0.3 is 6.18 Å². The maximum atomic E-state index is 12.5. The SMILES string of the molecule is CC(O)(Cc1ccc(C(F)(F)F)cc1)CC1CCCCN1. The first-order chi connectivity index (χ1) is 9.76. The quantitative estimate of drug-likeness (QED) is 0.891. The van der Waals surface area contributed by atoms with E-state index in [4.69, 9.17) is 0 Å². The van der Waals surface area contributed by atoms with Gasteiger partial charge in [0.05, 0.1) is 11.2 Å². The third kappa shape index (κ3) is 5.00. The molecule has 1 aliphatic heterocycles. The first kappa shape index (κ1) is 16.3. The summed E-state index contributed by atoms with van der Waals surface area (Å²) < 4.78 is 37.5. The van der Waals surface area contributed by atoms with Crippen molar-refractivity contribution in [2.45, 2.75) is 56.8 Å². The predicted molar refractivity (Wildman–Crippen MR) is 76.0 cm³/mol. The smallest absolute Gasteiger partial charge is 0.390 e. The molecule has 1 fully saturated rings. The van der Waals surface area contributed by atoms with E-state index >= 15 is 0 Å². The molecule has 1 aromatic rings. The number of aliphatic hydroxyl groups is 1. The predicted octanol–water partition coefficient (Wildman–Crippen LogP) is 3.53. The number of hydrogen-bond acceptors (Lipinski definition) is 2. The highest BCUT2D eigenvalue weighted by Gasteiger charge is 2.31. The number of benzene rings is 1. The summed E-state index contributed by atoms with van der Waals surface area (Å²) in [5, 5.41) is 13.9. The van der Waals surface area contributed by atoms with Gasteiger partial charge in [0.1, 0.15) is 0 Å². The molecule has 5 heteroatoms. The number of halogens is 3. The Morgan fingerprint density at radius 1 is 1.19 bits per heavy atom. The van der Waals surface area contributed by atoms with Crippen LogP contribution < -0.4 is 5.32 Å². The number of rotatable bonds is 4. The summed E-state index contributed by atoms with van der Waals surface area (Å²) in [4.78, 5) is 0. The first-order valence-corrected chi connectivity index (χ1v) is 7.38. The van der Waals surface area contributed by atoms with Gasteiger partial charge in [0.15, 0.2) is 0 Å². The van der Waals surface area contributed by atoms with E-state index in [1.54, 1.807) is 6.92 Å². The van der Waals surface area contributed by atoms with Crippen LogP contribution in [-0.2, 0) is 12.6 Å². The molecular weight excluding hydrogens is 279 g/mol. The van der Waals surface area contributed by atoms with Crippen molar-refractivity contribution in [3.05, 3.63) is 35.4 Å². The Balaban J connectivity index is 1.95. The minimum absolute atomic E-state index is 0.295. The molecule has 0 amide bonds. The molecule has 21 heavy (non-hydrogen) atoms. The summed E-state index contributed by atoms with van der Waals surface area (Å²) in [6, 6.07) is 5.34. The van der Waals surface area contributed by atoms with Crippen molar-refractivity contribution in [2.24, 2.45) is 0 Å². The van der Waals surface area contributed by atoms with E-state index in [2.05, 4.69) is 5.32 Å². The zero-order valence-electron chi connectivity index (χ0n) is 12.2. The third-order valence-corrected chi connectivity index (χ3v) is 3.96. The van der Waals surface area contributed by atoms with Crippen molar-refractivity contribution in [3.63, 3.8) is 0 Å². The molecule has 118 valence electrons. The molecule has 0 aliphatic carbocycles. The molecule has 2 nitrogen and oxygen atoms in total. The van der Waals surface area contributed by atoms with Crippen molar-refractivity contribution < 1.29 is 18.3 Å². The van der Waals surface area contributed by atoms with Gasteiger partial charge in [0.2, 0.25) is 0 Å². The average Bonchev–Trinajstić information content (AvgIpc) is 2.38. The number of hydrogen-bond donors (Lipinski definition) is 2. The molecular formula is C16H22F3NO. The van der Waals surface area contributed by atoms with E-state index in [9.17, 15) is 18.3 Å². The molecule has 0 saturated carbocycles. The monoisotopic (exact) mass is 301 g/mol. The first-order valence-electron chi connectivity index (χ1n) is 7.38. The van der Waals surface area contributed by atoms with E-state index in [-0.39, 0.29) is 0 Å². The molecule has 0 aromatic heterocycles. The van der Waals surface area contributed by atoms with E-state index in [1.807, 2.05) is 0 Å². The second-order valence-corrected chi connectivity index (χ2v) is 6.22. The lowest BCUT2D eigenvalue weighted by Crippen LogP contribution is -2.41. The Hall–Kier alpha value is -1.07. The standard InChI is InChI=1S/C16H22F3NO/c1-15(21,11-14-4-2-3-9-20-14)10-12-5-7-13(8-6-12)16(17,18)19/h5-8,14,20-21H,2-4,9-11H2,1H3. The molecule has 1 heterocycles. The van der Waals surface area contributed by atoms with Gasteiger partial charge in [-0.1, -0.05) is 18.6 Å². The normalized spacial score (nSPS) is 22.8. The van der Waals surface area contributed by atoms with Crippen LogP contribution in [0.1, 0.15) is 43.7 Å². The van der Waals surface area contributed by atoms with Gasteiger partial charge < -0.3 is 10.4 Å². The molecule has 1 aliphatic rings. The highest BCUT2D eigenvalue weighted by molar-refractivity contribution is 5.25. The molecule has 2 unspecified atom stereocenters. The Kier molecular flexibility index (Phi) is 4.94. The van der Waals surface area contributed by atoms with Crippen LogP contribution in [0.5, 0.6) is 0 Å². The van der Waals surface area contributed by atoms with Gasteiger partial charge in [-0.2, -0.15) is 13.2 Å². The third-order valence-electron chi connectivity index (χ3n) is 3.96. The molecule has 0 radical (unpaired) electrons. The van der Waals surface area contributed by atoms with Crippen molar-refractivity contribution in [2.75, 3.05) is 6.54 Å². The fraction of sp³-hybridized carbons (Fsp3) is 0.625. The minimum Gasteiger partial charge on any atom is -0.390 e. The van der Waals surface area contributed by atoms with Gasteiger partial charge in [0.25, 0.3) is 0 Å². The van der Waals surface area contributed by atoms with Gasteiger partial charge in [-0.05, 0) is 50.4 Å². The number of nitrogens with one attached hydrogen (secondary N) is 1. The molecule has 0 spiro atoms. The molecule has 0 bridgehead atoms. The van der Waals surface area contributed by atoms with Crippen LogP contribution in [-0.4, -0.2) is 23.3 Å². The molecule has 2 atom stereocenters. The zero-order chi connectivity index (χ0) is 15.5. The van der Waals surface area contributed by atoms with E-state index in [1.165, 1.54) is 12.1 Å². The van der Waals surface area contributed by atoms with E-state index in [0.717, 1.165) is 43.5 Å². The summed E-state index contributed by atoms with van der Waals surface area (Å²) in [6.45, 7) is 2.72. The summed E-state index contributed by atoms with van der Waals surface area (Å²) >= 11 is 0. The fourth-order valence-corrected chi connectivity index (χ4v) is 2.95. The van der Waals surface area contributed by atoms with Crippen LogP contribution >= 0.6 is 0 Å². The highest BCUT2D eigenvalue weighted by atomic mass is 19.4. The lowest BCUT2D eigenvalue weighted by molar-refractivity contribution is -0.137. The summed E-state index contributed by atoms with van der Waals surface area (Å²) in [5.74, 6) is 0. The topological polar surface area (TPSA) is 32.3 Å². The maximum absolute atomic E-state index is 12.5. The molecule has 1 saturated heterocycles. The minimum atomic E-state index is -4.31. The molecule has 1 aromatic carbocycles. The lowest BCUT2D eigenvalue weighted by atomic mass is 9.87. The van der Waals surface area contributed by atoms with Crippen LogP contribution in [0, 0.1) is 0 Å². The summed E-state index contributed by atoms with van der Waals surface area (Å²) in [6.07, 6.45) is 0.0408. The van der Waals surface area contributed by atoms with Gasteiger partial charge in [0, 0.05) is 12.5 Å². The maximum Gasteiger partial charge on any atom is 0.416 e. The Morgan fingerprint density at radius 2 is 1.86 bits per heavy atom. The van der Waals surface area contributed by atoms with Gasteiger partial charge in [-0.15, -0.1) is 0 Å². The molecule has 2 N–H and O–H groups in total. The number of piperidine rings is 1. The van der Waals surface area contributed by atoms with Crippen LogP contribution in [0.15, 0.2) is 24.3 Å². The second kappa shape index (κ2) is 6.36. The van der Waals surface area contributed by atoms with Crippen LogP contribution in [0.25, 0.3) is 0 Å². The van der Waals surface area contributed by atoms with Crippen LogP contribution in [0.2, 0.25) is 0 Å². The van der Waals surface area contributed by atoms with Crippen LogP contribution in [0.4, 0.5) is 13.2 Å². The molecule has 2 rings (SSSR count).